The van der Waals surface area contributed by atoms with Gasteiger partial charge >= 0.3 is 0 Å². The van der Waals surface area contributed by atoms with Crippen molar-refractivity contribution in [2.24, 2.45) is 5.73 Å². The Morgan fingerprint density at radius 1 is 1.33 bits per heavy atom. The fourth-order valence-corrected chi connectivity index (χ4v) is 5.66. The van der Waals surface area contributed by atoms with Gasteiger partial charge < -0.3 is 5.73 Å². The maximum Gasteiger partial charge on any atom is 0.0931 e. The van der Waals surface area contributed by atoms with E-state index >= 15 is 0 Å². The van der Waals surface area contributed by atoms with Gasteiger partial charge in [-0.2, -0.15) is 11.8 Å². The Hall–Kier alpha value is -0.000000000000000111. The summed E-state index contributed by atoms with van der Waals surface area (Å²) in [7, 11) is 0. The monoisotopic (exact) mass is 315 g/mol. The number of hydrogen-bond donors (Lipinski definition) is 1. The van der Waals surface area contributed by atoms with E-state index in [1.165, 1.54) is 27.5 Å². The summed E-state index contributed by atoms with van der Waals surface area (Å²) in [6, 6.07) is 6.45. The molecule has 5 heteroatoms. The normalized spacial score (nSPS) is 16.6. The van der Waals surface area contributed by atoms with Crippen LogP contribution in [0.4, 0.5) is 0 Å². The molecule has 96 valence electrons. The van der Waals surface area contributed by atoms with Crippen LogP contribution in [0.1, 0.15) is 26.2 Å². The number of halogens is 1. The van der Waals surface area contributed by atoms with Gasteiger partial charge in [0.2, 0.25) is 0 Å². The van der Waals surface area contributed by atoms with Crippen LogP contribution in [0.2, 0.25) is 4.34 Å². The standard InChI is InChI=1S/C13H14ClNS3/c14-13-2-1-9(17-13)6-10(15)12-5-8-7-16-4-3-11(8)18-12/h1-2,5,10H,3-4,6-7,15H2. The predicted molar refractivity (Wildman–Crippen MR) is 84.1 cm³/mol. The summed E-state index contributed by atoms with van der Waals surface area (Å²) in [5.74, 6) is 2.41. The quantitative estimate of drug-likeness (QED) is 0.902. The number of nitrogens with two attached hydrogens (primary N) is 1. The molecule has 2 aromatic heterocycles. The average molecular weight is 316 g/mol. The fourth-order valence-electron chi connectivity index (χ4n) is 2.13. The van der Waals surface area contributed by atoms with Gasteiger partial charge in [0.15, 0.2) is 0 Å². The Morgan fingerprint density at radius 2 is 2.22 bits per heavy atom. The summed E-state index contributed by atoms with van der Waals surface area (Å²) in [5, 5.41) is 0. The smallest absolute Gasteiger partial charge is 0.0931 e. The van der Waals surface area contributed by atoms with Gasteiger partial charge in [0.1, 0.15) is 0 Å². The van der Waals surface area contributed by atoms with Gasteiger partial charge in [-0.05, 0) is 35.9 Å². The minimum atomic E-state index is 0.111. The lowest BCUT2D eigenvalue weighted by molar-refractivity contribution is 0.745. The molecule has 18 heavy (non-hydrogen) atoms. The van der Waals surface area contributed by atoms with Crippen LogP contribution in [-0.4, -0.2) is 5.75 Å². The van der Waals surface area contributed by atoms with Crippen molar-refractivity contribution in [1.82, 2.24) is 0 Å². The summed E-state index contributed by atoms with van der Waals surface area (Å²) in [6.45, 7) is 0. The average Bonchev–Trinajstić information content (AvgIpc) is 2.95. The van der Waals surface area contributed by atoms with Gasteiger partial charge in [0.25, 0.3) is 0 Å². The molecular formula is C13H14ClNS3. The zero-order chi connectivity index (χ0) is 12.5. The van der Waals surface area contributed by atoms with Crippen molar-refractivity contribution in [3.05, 3.63) is 42.7 Å². The predicted octanol–water partition coefficient (Wildman–Crippen LogP) is 4.49. The number of hydrogen-bond acceptors (Lipinski definition) is 4. The number of fused-ring (bicyclic) bond motifs is 1. The molecule has 0 bridgehead atoms. The molecule has 3 rings (SSSR count). The second-order valence-electron chi connectivity index (χ2n) is 4.42. The minimum Gasteiger partial charge on any atom is -0.323 e. The van der Waals surface area contributed by atoms with Gasteiger partial charge in [-0.3, -0.25) is 0 Å². The highest BCUT2D eigenvalue weighted by Crippen LogP contribution is 2.35. The van der Waals surface area contributed by atoms with Gasteiger partial charge in [0.05, 0.1) is 4.34 Å². The number of rotatable bonds is 3. The number of thiophene rings is 2. The molecule has 3 heterocycles. The van der Waals surface area contributed by atoms with Crippen molar-refractivity contribution in [1.29, 1.82) is 0 Å². The van der Waals surface area contributed by atoms with Crippen LogP contribution in [0.5, 0.6) is 0 Å². The van der Waals surface area contributed by atoms with Gasteiger partial charge in [-0.1, -0.05) is 11.6 Å². The zero-order valence-corrected chi connectivity index (χ0v) is 13.0. The highest BCUT2D eigenvalue weighted by Gasteiger charge is 2.17. The van der Waals surface area contributed by atoms with E-state index in [-0.39, 0.29) is 6.04 Å². The zero-order valence-electron chi connectivity index (χ0n) is 9.82. The first-order valence-corrected chi connectivity index (χ1v) is 9.08. The van der Waals surface area contributed by atoms with Gasteiger partial charge in [0, 0.05) is 32.8 Å². The summed E-state index contributed by atoms with van der Waals surface area (Å²) in [6.07, 6.45) is 2.10. The molecule has 1 unspecified atom stereocenters. The third-order valence-corrected chi connectivity index (χ3v) is 6.69. The molecule has 0 aromatic carbocycles. The Balaban J connectivity index is 1.75. The van der Waals surface area contributed by atoms with Crippen LogP contribution in [0.25, 0.3) is 0 Å². The van der Waals surface area contributed by atoms with Crippen molar-refractivity contribution in [2.45, 2.75) is 24.6 Å². The highest BCUT2D eigenvalue weighted by atomic mass is 35.5. The van der Waals surface area contributed by atoms with E-state index in [9.17, 15) is 0 Å². The van der Waals surface area contributed by atoms with E-state index < -0.39 is 0 Å². The Kier molecular flexibility index (Phi) is 4.01. The second kappa shape index (κ2) is 5.55. The third kappa shape index (κ3) is 2.78. The maximum atomic E-state index is 6.32. The van der Waals surface area contributed by atoms with Crippen LogP contribution in [0, 0.1) is 0 Å². The number of aryl methyl sites for hydroxylation is 1. The van der Waals surface area contributed by atoms with Crippen LogP contribution < -0.4 is 5.73 Å². The fraction of sp³-hybridized carbons (Fsp3) is 0.385. The summed E-state index contributed by atoms with van der Waals surface area (Å²) in [4.78, 5) is 4.14. The molecular weight excluding hydrogens is 302 g/mol. The molecule has 0 amide bonds. The van der Waals surface area contributed by atoms with E-state index in [1.807, 2.05) is 29.2 Å². The van der Waals surface area contributed by atoms with Gasteiger partial charge in [-0.25, -0.2) is 0 Å². The molecule has 1 nitrogen and oxygen atoms in total. The summed E-state index contributed by atoms with van der Waals surface area (Å²) >= 11 is 11.5. The van der Waals surface area contributed by atoms with E-state index in [4.69, 9.17) is 17.3 Å². The first-order valence-electron chi connectivity index (χ1n) is 5.91. The summed E-state index contributed by atoms with van der Waals surface area (Å²) < 4.78 is 0.846. The molecule has 1 atom stereocenters. The van der Waals surface area contributed by atoms with E-state index in [0.29, 0.717) is 0 Å². The Morgan fingerprint density at radius 3 is 2.94 bits per heavy atom. The Bertz CT molecular complexity index is 523. The molecule has 1 aliphatic heterocycles. The molecule has 2 aromatic rings. The largest absolute Gasteiger partial charge is 0.323 e. The van der Waals surface area contributed by atoms with Crippen molar-refractivity contribution >= 4 is 46.0 Å². The lowest BCUT2D eigenvalue weighted by Gasteiger charge is -2.08. The van der Waals surface area contributed by atoms with Crippen molar-refractivity contribution in [3.63, 3.8) is 0 Å². The number of thioether (sulfide) groups is 1. The molecule has 2 N–H and O–H groups in total. The third-order valence-electron chi connectivity index (χ3n) is 3.06. The molecule has 0 fully saturated rings. The van der Waals surface area contributed by atoms with Crippen LogP contribution in [0.15, 0.2) is 18.2 Å². The summed E-state index contributed by atoms with van der Waals surface area (Å²) in [5.41, 5.74) is 7.82. The lowest BCUT2D eigenvalue weighted by atomic mass is 10.1. The van der Waals surface area contributed by atoms with Crippen LogP contribution in [0.3, 0.4) is 0 Å². The SMILES string of the molecule is NC(Cc1ccc(Cl)s1)c1cc2c(s1)CCSC2. The molecule has 0 saturated carbocycles. The van der Waals surface area contributed by atoms with Crippen molar-refractivity contribution < 1.29 is 0 Å². The molecule has 0 spiro atoms. The molecule has 0 radical (unpaired) electrons. The van der Waals surface area contributed by atoms with E-state index in [0.717, 1.165) is 16.5 Å². The van der Waals surface area contributed by atoms with Crippen molar-refractivity contribution in [3.8, 4) is 0 Å². The van der Waals surface area contributed by atoms with E-state index in [1.54, 1.807) is 16.2 Å². The second-order valence-corrected chi connectivity index (χ2v) is 8.49. The Labute approximate surface area is 124 Å². The molecule has 0 aliphatic carbocycles. The van der Waals surface area contributed by atoms with Crippen LogP contribution >= 0.6 is 46.0 Å². The molecule has 1 aliphatic rings. The van der Waals surface area contributed by atoms with Crippen LogP contribution in [-0.2, 0) is 18.6 Å². The first-order chi connectivity index (χ1) is 8.72. The minimum absolute atomic E-state index is 0.111. The topological polar surface area (TPSA) is 26.0 Å². The van der Waals surface area contributed by atoms with Gasteiger partial charge in [-0.15, -0.1) is 22.7 Å². The van der Waals surface area contributed by atoms with Crippen molar-refractivity contribution in [2.75, 3.05) is 5.75 Å². The first kappa shape index (κ1) is 13.0. The lowest BCUT2D eigenvalue weighted by Crippen LogP contribution is -2.10. The van der Waals surface area contributed by atoms with E-state index in [2.05, 4.69) is 12.1 Å². The highest BCUT2D eigenvalue weighted by molar-refractivity contribution is 7.98. The molecule has 0 saturated heterocycles. The maximum absolute atomic E-state index is 6.32.